The highest BCUT2D eigenvalue weighted by molar-refractivity contribution is 8.18. The van der Waals surface area contributed by atoms with Crippen molar-refractivity contribution in [2.24, 2.45) is 10.9 Å². The van der Waals surface area contributed by atoms with Crippen LogP contribution in [0.1, 0.15) is 29.5 Å². The maximum absolute atomic E-state index is 13.4. The number of amides is 1. The lowest BCUT2D eigenvalue weighted by molar-refractivity contribution is -0.143. The van der Waals surface area contributed by atoms with E-state index in [1.165, 1.54) is 0 Å². The number of nitrogens with zero attached hydrogens (tertiary/aromatic N) is 2. The van der Waals surface area contributed by atoms with Crippen LogP contribution in [0, 0.1) is 5.92 Å². The Morgan fingerprint density at radius 3 is 2.39 bits per heavy atom. The van der Waals surface area contributed by atoms with Gasteiger partial charge in [0.15, 0.2) is 0 Å². The third-order valence-electron chi connectivity index (χ3n) is 5.77. The lowest BCUT2D eigenvalue weighted by Gasteiger charge is -2.32. The van der Waals surface area contributed by atoms with Crippen LogP contribution in [0.4, 0.5) is 31.1 Å². The van der Waals surface area contributed by atoms with Crippen molar-refractivity contribution >= 4 is 22.8 Å². The fourth-order valence-electron chi connectivity index (χ4n) is 3.93. The van der Waals surface area contributed by atoms with E-state index < -0.39 is 23.5 Å². The first-order valence-electron chi connectivity index (χ1n) is 10.4. The van der Waals surface area contributed by atoms with E-state index in [1.807, 2.05) is 6.08 Å². The molecule has 0 saturated carbocycles. The first kappa shape index (κ1) is 24.1. The molecule has 180 valence electrons. The number of alkyl halides is 6. The number of aliphatic imine (C=N–C) groups is 1. The Morgan fingerprint density at radius 2 is 1.82 bits per heavy atom. The summed E-state index contributed by atoms with van der Waals surface area (Å²) >= 11 is 1.04. The Hall–Kier alpha value is -2.05. The number of benzene rings is 1. The van der Waals surface area contributed by atoms with Crippen LogP contribution in [0.25, 0.3) is 0 Å². The average molecular weight is 493 g/mol. The number of hydrogen-bond donors (Lipinski definition) is 1. The number of thioether (sulfide) groups is 1. The molecule has 1 amide bonds. The molecule has 33 heavy (non-hydrogen) atoms. The van der Waals surface area contributed by atoms with E-state index in [0.29, 0.717) is 51.0 Å². The van der Waals surface area contributed by atoms with E-state index in [-0.39, 0.29) is 35.4 Å². The molecule has 0 atom stereocenters. The van der Waals surface area contributed by atoms with Crippen LogP contribution < -0.4 is 5.32 Å². The Kier molecular flexibility index (Phi) is 6.79. The molecule has 0 radical (unpaired) electrons. The zero-order valence-corrected chi connectivity index (χ0v) is 18.1. The standard InChI is InChI=1S/C21H21F6N3O2S/c22-20(23,24)14-2-1-13(16(8-14)21(25,26)27)9-30-5-3-12(4-6-30)7-17-18(29-19(31)33-17)28-15-10-32-11-15/h1-2,7-8,12,15H,3-6,9-11H2,(H,28,29,31). The summed E-state index contributed by atoms with van der Waals surface area (Å²) in [5.74, 6) is 0.647. The molecule has 12 heteroatoms. The van der Waals surface area contributed by atoms with Crippen LogP contribution in [0.3, 0.4) is 0 Å². The van der Waals surface area contributed by atoms with E-state index in [0.717, 1.165) is 22.7 Å². The molecule has 5 nitrogen and oxygen atoms in total. The minimum absolute atomic E-state index is 0.0839. The summed E-state index contributed by atoms with van der Waals surface area (Å²) in [5.41, 5.74) is -2.74. The van der Waals surface area contributed by atoms with Gasteiger partial charge in [-0.05, 0) is 61.3 Å². The van der Waals surface area contributed by atoms with Gasteiger partial charge >= 0.3 is 17.6 Å². The van der Waals surface area contributed by atoms with Crippen molar-refractivity contribution in [3.63, 3.8) is 0 Å². The number of allylic oxidation sites excluding steroid dienone is 1. The normalized spacial score (nSPS) is 22.5. The average Bonchev–Trinajstić information content (AvgIpc) is 3.03. The van der Waals surface area contributed by atoms with Crippen LogP contribution in [0.15, 0.2) is 34.2 Å². The van der Waals surface area contributed by atoms with E-state index >= 15 is 0 Å². The second kappa shape index (κ2) is 9.30. The first-order valence-corrected chi connectivity index (χ1v) is 11.2. The predicted octanol–water partition coefficient (Wildman–Crippen LogP) is 5.07. The minimum Gasteiger partial charge on any atom is -0.377 e. The van der Waals surface area contributed by atoms with E-state index in [9.17, 15) is 31.1 Å². The van der Waals surface area contributed by atoms with Crippen LogP contribution in [0.2, 0.25) is 0 Å². The van der Waals surface area contributed by atoms with Gasteiger partial charge < -0.3 is 10.1 Å². The summed E-state index contributed by atoms with van der Waals surface area (Å²) in [7, 11) is 0. The molecule has 3 aliphatic rings. The summed E-state index contributed by atoms with van der Waals surface area (Å²) in [5, 5.41) is 2.88. The minimum atomic E-state index is -4.88. The van der Waals surface area contributed by atoms with E-state index in [4.69, 9.17) is 4.74 Å². The molecule has 3 heterocycles. The molecule has 0 spiro atoms. The van der Waals surface area contributed by atoms with Crippen molar-refractivity contribution < 1.29 is 35.9 Å². The highest BCUT2D eigenvalue weighted by Crippen LogP contribution is 2.38. The summed E-state index contributed by atoms with van der Waals surface area (Å²) in [6.07, 6.45) is -6.44. The fourth-order valence-corrected chi connectivity index (χ4v) is 4.71. The largest absolute Gasteiger partial charge is 0.416 e. The predicted molar refractivity (Wildman–Crippen MR) is 111 cm³/mol. The van der Waals surface area contributed by atoms with Gasteiger partial charge in [0.05, 0.1) is 35.3 Å². The zero-order valence-electron chi connectivity index (χ0n) is 17.3. The molecule has 0 unspecified atom stereocenters. The SMILES string of the molecule is O=C1N=C(NC2COC2)C(=CC2CCN(Cc3ccc(C(F)(F)F)cc3C(F)(F)F)CC2)S1. The van der Waals surface area contributed by atoms with Gasteiger partial charge in [-0.1, -0.05) is 12.1 Å². The monoisotopic (exact) mass is 493 g/mol. The number of hydrogen-bond acceptors (Lipinski definition) is 5. The van der Waals surface area contributed by atoms with Gasteiger partial charge in [-0.3, -0.25) is 9.69 Å². The van der Waals surface area contributed by atoms with Gasteiger partial charge in [-0.2, -0.15) is 31.3 Å². The first-order chi connectivity index (χ1) is 15.5. The summed E-state index contributed by atoms with van der Waals surface area (Å²) in [6, 6.07) is 1.91. The number of halogens is 6. The molecular formula is C21H21F6N3O2S. The molecule has 1 aromatic carbocycles. The van der Waals surface area contributed by atoms with Gasteiger partial charge in [0.1, 0.15) is 5.84 Å². The molecular weight excluding hydrogens is 472 g/mol. The summed E-state index contributed by atoms with van der Waals surface area (Å²) in [6.45, 7) is 1.99. The van der Waals surface area contributed by atoms with Crippen LogP contribution in [-0.4, -0.2) is 48.3 Å². The molecule has 3 aliphatic heterocycles. The topological polar surface area (TPSA) is 53.9 Å². The van der Waals surface area contributed by atoms with Crippen LogP contribution >= 0.6 is 11.8 Å². The second-order valence-electron chi connectivity index (χ2n) is 8.22. The number of piperidine rings is 1. The molecule has 2 saturated heterocycles. The number of nitrogens with one attached hydrogen (secondary N) is 1. The maximum atomic E-state index is 13.4. The number of ether oxygens (including phenoxy) is 1. The Balaban J connectivity index is 1.39. The zero-order chi connectivity index (χ0) is 23.8. The van der Waals surface area contributed by atoms with Gasteiger partial charge in [0.2, 0.25) is 0 Å². The van der Waals surface area contributed by atoms with Crippen molar-refractivity contribution in [2.75, 3.05) is 26.3 Å². The van der Waals surface area contributed by atoms with Crippen molar-refractivity contribution in [1.29, 1.82) is 0 Å². The molecule has 0 bridgehead atoms. The van der Waals surface area contributed by atoms with Crippen molar-refractivity contribution in [3.05, 3.63) is 45.9 Å². The molecule has 4 rings (SSSR count). The van der Waals surface area contributed by atoms with E-state index in [2.05, 4.69) is 10.3 Å². The maximum Gasteiger partial charge on any atom is 0.416 e. The third kappa shape index (κ3) is 5.90. The summed E-state index contributed by atoms with van der Waals surface area (Å²) in [4.78, 5) is 18.3. The molecule has 1 aromatic rings. The number of carbonyl (C=O) groups is 1. The number of rotatable bonds is 4. The molecule has 0 aromatic heterocycles. The van der Waals surface area contributed by atoms with Crippen LogP contribution in [0.5, 0.6) is 0 Å². The third-order valence-corrected chi connectivity index (χ3v) is 6.58. The van der Waals surface area contributed by atoms with Gasteiger partial charge in [0.25, 0.3) is 0 Å². The molecule has 1 N–H and O–H groups in total. The molecule has 2 fully saturated rings. The lowest BCUT2D eigenvalue weighted by atomic mass is 9.95. The fraction of sp³-hybridized carbons (Fsp3) is 0.524. The van der Waals surface area contributed by atoms with Crippen LogP contribution in [-0.2, 0) is 23.6 Å². The van der Waals surface area contributed by atoms with Crippen molar-refractivity contribution in [2.45, 2.75) is 37.8 Å². The van der Waals surface area contributed by atoms with Crippen molar-refractivity contribution in [1.82, 2.24) is 10.2 Å². The number of likely N-dealkylation sites (tertiary alicyclic amines) is 1. The summed E-state index contributed by atoms with van der Waals surface area (Å²) < 4.78 is 83.9. The van der Waals surface area contributed by atoms with Gasteiger partial charge in [-0.25, -0.2) is 0 Å². The highest BCUT2D eigenvalue weighted by atomic mass is 32.2. The van der Waals surface area contributed by atoms with E-state index in [1.54, 1.807) is 4.90 Å². The van der Waals surface area contributed by atoms with Gasteiger partial charge in [-0.15, -0.1) is 0 Å². The molecule has 0 aliphatic carbocycles. The Bertz CT molecular complexity index is 964. The van der Waals surface area contributed by atoms with Gasteiger partial charge in [0, 0.05) is 6.54 Å². The Morgan fingerprint density at radius 1 is 1.12 bits per heavy atom. The number of amidine groups is 1. The second-order valence-corrected chi connectivity index (χ2v) is 9.21. The number of carbonyl (C=O) groups excluding carboxylic acids is 1. The smallest absolute Gasteiger partial charge is 0.377 e. The highest BCUT2D eigenvalue weighted by Gasteiger charge is 2.38. The van der Waals surface area contributed by atoms with Crippen molar-refractivity contribution in [3.8, 4) is 0 Å². The quantitative estimate of drug-likeness (QED) is 0.594. The lowest BCUT2D eigenvalue weighted by Crippen LogP contribution is -2.48. The Labute approximate surface area is 190 Å².